The van der Waals surface area contributed by atoms with Crippen LogP contribution >= 0.6 is 21.6 Å². The van der Waals surface area contributed by atoms with Crippen molar-refractivity contribution in [2.24, 2.45) is 0 Å². The maximum absolute atomic E-state index is 13.2. The molecule has 1 heterocycles. The van der Waals surface area contributed by atoms with E-state index in [0.29, 0.717) is 24.9 Å². The van der Waals surface area contributed by atoms with Gasteiger partial charge in [0.05, 0.1) is 5.25 Å². The molecule has 2 atom stereocenters. The number of rotatable bonds is 8. The normalized spacial score (nSPS) is 17.0. The van der Waals surface area contributed by atoms with E-state index in [4.69, 9.17) is 0 Å². The van der Waals surface area contributed by atoms with Gasteiger partial charge in [0.1, 0.15) is 12.6 Å². The fraction of sp³-hybridized carbons (Fsp3) is 0.318. The van der Waals surface area contributed by atoms with Crippen LogP contribution in [0.1, 0.15) is 17.5 Å². The molecule has 0 saturated carbocycles. The van der Waals surface area contributed by atoms with Crippen molar-refractivity contribution < 1.29 is 19.5 Å². The minimum absolute atomic E-state index is 0.210. The quantitative estimate of drug-likeness (QED) is 0.609. The number of carbonyl (C=O) groups excluding carboxylic acids is 2. The van der Waals surface area contributed by atoms with E-state index in [1.807, 2.05) is 48.7 Å². The third kappa shape index (κ3) is 5.58. The molecule has 0 saturated heterocycles. The van der Waals surface area contributed by atoms with Crippen molar-refractivity contribution in [2.45, 2.75) is 30.6 Å². The smallest absolute Gasteiger partial charge is 0.323 e. The number of anilines is 1. The molecule has 3 rings (SSSR count). The summed E-state index contributed by atoms with van der Waals surface area (Å²) in [6.45, 7) is -0.435. The lowest BCUT2D eigenvalue weighted by Gasteiger charge is -2.26. The minimum atomic E-state index is -1.09. The maximum atomic E-state index is 13.2. The summed E-state index contributed by atoms with van der Waals surface area (Å²) >= 11 is 0. The second kappa shape index (κ2) is 10.5. The van der Waals surface area contributed by atoms with Crippen molar-refractivity contribution in [3.63, 3.8) is 0 Å². The van der Waals surface area contributed by atoms with Crippen molar-refractivity contribution in [3.8, 4) is 0 Å². The Kier molecular flexibility index (Phi) is 7.81. The Morgan fingerprint density at radius 1 is 1.17 bits per heavy atom. The summed E-state index contributed by atoms with van der Waals surface area (Å²) in [5.41, 5.74) is 2.55. The lowest BCUT2D eigenvalue weighted by atomic mass is 10.1. The number of aryl methyl sites for hydroxylation is 1. The number of nitrogens with one attached hydrogen (secondary N) is 1. The predicted molar refractivity (Wildman–Crippen MR) is 122 cm³/mol. The largest absolute Gasteiger partial charge is 0.480 e. The highest BCUT2D eigenvalue weighted by molar-refractivity contribution is 8.76. The van der Waals surface area contributed by atoms with Crippen LogP contribution in [-0.2, 0) is 27.2 Å². The van der Waals surface area contributed by atoms with E-state index in [2.05, 4.69) is 5.32 Å². The Morgan fingerprint density at radius 3 is 2.57 bits per heavy atom. The van der Waals surface area contributed by atoms with Gasteiger partial charge < -0.3 is 10.4 Å². The molecule has 0 radical (unpaired) electrons. The molecule has 1 aliphatic rings. The van der Waals surface area contributed by atoms with Crippen LogP contribution in [0.15, 0.2) is 54.6 Å². The van der Waals surface area contributed by atoms with E-state index in [1.54, 1.807) is 12.1 Å². The van der Waals surface area contributed by atoms with E-state index in [1.165, 1.54) is 26.5 Å². The summed E-state index contributed by atoms with van der Waals surface area (Å²) in [5, 5.41) is 11.8. The van der Waals surface area contributed by atoms with Crippen LogP contribution < -0.4 is 10.2 Å². The first-order valence-electron chi connectivity index (χ1n) is 9.64. The Bertz CT molecular complexity index is 907. The monoisotopic (exact) mass is 444 g/mol. The minimum Gasteiger partial charge on any atom is -0.480 e. The first-order chi connectivity index (χ1) is 14.5. The van der Waals surface area contributed by atoms with E-state index in [9.17, 15) is 19.5 Å². The third-order valence-electron chi connectivity index (χ3n) is 4.93. The van der Waals surface area contributed by atoms with Gasteiger partial charge in [0, 0.05) is 5.69 Å². The van der Waals surface area contributed by atoms with Crippen molar-refractivity contribution in [1.29, 1.82) is 0 Å². The lowest BCUT2D eigenvalue weighted by molar-refractivity contribution is -0.137. The first-order valence-corrected chi connectivity index (χ1v) is 12.3. The van der Waals surface area contributed by atoms with Crippen LogP contribution in [0.4, 0.5) is 5.69 Å². The molecule has 1 aliphatic heterocycles. The number of hydrogen-bond acceptors (Lipinski definition) is 5. The first kappa shape index (κ1) is 22.2. The molecule has 0 bridgehead atoms. The highest BCUT2D eigenvalue weighted by Gasteiger charge is 2.33. The molecule has 2 aromatic carbocycles. The number of fused-ring (bicyclic) bond motifs is 1. The molecule has 0 aromatic heterocycles. The van der Waals surface area contributed by atoms with E-state index < -0.39 is 18.6 Å². The fourth-order valence-electron chi connectivity index (χ4n) is 3.53. The van der Waals surface area contributed by atoms with Gasteiger partial charge in [0.2, 0.25) is 11.8 Å². The lowest BCUT2D eigenvalue weighted by Crippen LogP contribution is -2.51. The summed E-state index contributed by atoms with van der Waals surface area (Å²) in [6.07, 6.45) is 3.48. The van der Waals surface area contributed by atoms with Crippen LogP contribution in [0.5, 0.6) is 0 Å². The van der Waals surface area contributed by atoms with Crippen molar-refractivity contribution in [3.05, 3.63) is 65.7 Å². The average Bonchev–Trinajstić information content (AvgIpc) is 2.86. The zero-order chi connectivity index (χ0) is 21.5. The molecule has 158 valence electrons. The van der Waals surface area contributed by atoms with Gasteiger partial charge in [0.25, 0.3) is 0 Å². The van der Waals surface area contributed by atoms with Gasteiger partial charge in [-0.2, -0.15) is 0 Å². The maximum Gasteiger partial charge on any atom is 0.323 e. The summed E-state index contributed by atoms with van der Waals surface area (Å²) < 4.78 is 0. The van der Waals surface area contributed by atoms with Crippen molar-refractivity contribution >= 4 is 45.1 Å². The molecule has 30 heavy (non-hydrogen) atoms. The summed E-state index contributed by atoms with van der Waals surface area (Å²) in [5.74, 6) is -1.69. The number of hydrogen-bond donors (Lipinski definition) is 2. The second-order valence-electron chi connectivity index (χ2n) is 6.99. The Morgan fingerprint density at radius 2 is 1.87 bits per heavy atom. The van der Waals surface area contributed by atoms with E-state index in [-0.39, 0.29) is 17.1 Å². The molecule has 2 amide bonds. The fourth-order valence-corrected chi connectivity index (χ4v) is 5.34. The predicted octanol–water partition coefficient (Wildman–Crippen LogP) is 3.16. The highest BCUT2D eigenvalue weighted by Crippen LogP contribution is 2.29. The van der Waals surface area contributed by atoms with Crippen LogP contribution in [0.3, 0.4) is 0 Å². The van der Waals surface area contributed by atoms with Gasteiger partial charge in [-0.15, -0.1) is 0 Å². The van der Waals surface area contributed by atoms with Crippen LogP contribution in [0, 0.1) is 0 Å². The number of carboxylic acid groups (broad SMARTS) is 1. The SMILES string of the molecule is CSSC(Cc1ccccc1)C(=O)NC1CCc2ccccc2N(CC(=O)O)C1=O. The highest BCUT2D eigenvalue weighted by atomic mass is 33.1. The molecular weight excluding hydrogens is 420 g/mol. The molecule has 0 spiro atoms. The second-order valence-corrected chi connectivity index (χ2v) is 9.66. The van der Waals surface area contributed by atoms with Gasteiger partial charge in [-0.1, -0.05) is 70.1 Å². The zero-order valence-corrected chi connectivity index (χ0v) is 18.2. The van der Waals surface area contributed by atoms with Crippen LogP contribution in [0.2, 0.25) is 0 Å². The Hall–Kier alpha value is -2.45. The molecule has 2 N–H and O–H groups in total. The molecular formula is C22H24N2O4S2. The summed E-state index contributed by atoms with van der Waals surface area (Å²) in [4.78, 5) is 38.8. The number of amides is 2. The average molecular weight is 445 g/mol. The standard InChI is InChI=1S/C22H24N2O4S2/c1-29-30-19(13-15-7-3-2-4-8-15)21(27)23-17-12-11-16-9-5-6-10-18(16)24(22(17)28)14-20(25)26/h2-10,17,19H,11-14H2,1H3,(H,23,27)(H,25,26). The van der Waals surface area contributed by atoms with Gasteiger partial charge in [-0.05, 0) is 42.7 Å². The van der Waals surface area contributed by atoms with Gasteiger partial charge in [-0.3, -0.25) is 19.3 Å². The van der Waals surface area contributed by atoms with Gasteiger partial charge in [0.15, 0.2) is 0 Å². The molecule has 2 aromatic rings. The van der Waals surface area contributed by atoms with Crippen LogP contribution in [-0.4, -0.2) is 47.0 Å². The van der Waals surface area contributed by atoms with Crippen molar-refractivity contribution in [2.75, 3.05) is 17.7 Å². The topological polar surface area (TPSA) is 86.7 Å². The van der Waals surface area contributed by atoms with Crippen molar-refractivity contribution in [1.82, 2.24) is 5.32 Å². The Balaban J connectivity index is 1.78. The van der Waals surface area contributed by atoms with Gasteiger partial charge >= 0.3 is 5.97 Å². The Labute approximate surface area is 183 Å². The number of benzene rings is 2. The zero-order valence-electron chi connectivity index (χ0n) is 16.6. The van der Waals surface area contributed by atoms with Gasteiger partial charge in [-0.25, -0.2) is 0 Å². The number of nitrogens with zero attached hydrogens (tertiary/aromatic N) is 1. The summed E-state index contributed by atoms with van der Waals surface area (Å²) in [6, 6.07) is 16.3. The number of carboxylic acids is 1. The molecule has 0 aliphatic carbocycles. The number of aliphatic carboxylic acids is 1. The molecule has 6 nitrogen and oxygen atoms in total. The van der Waals surface area contributed by atoms with E-state index >= 15 is 0 Å². The van der Waals surface area contributed by atoms with Crippen LogP contribution in [0.25, 0.3) is 0 Å². The number of para-hydroxylation sites is 1. The summed E-state index contributed by atoms with van der Waals surface area (Å²) in [7, 11) is 2.96. The van der Waals surface area contributed by atoms with E-state index in [0.717, 1.165) is 11.1 Å². The molecule has 2 unspecified atom stereocenters. The number of carbonyl (C=O) groups is 3. The molecule has 8 heteroatoms. The third-order valence-corrected chi connectivity index (χ3v) is 7.01. The molecule has 0 fully saturated rings.